The van der Waals surface area contributed by atoms with Gasteiger partial charge in [0, 0.05) is 5.02 Å². The van der Waals surface area contributed by atoms with Crippen LogP contribution < -0.4 is 4.74 Å². The van der Waals surface area contributed by atoms with Gasteiger partial charge in [0.1, 0.15) is 18.1 Å². The second-order valence-corrected chi connectivity index (χ2v) is 6.97. The molecule has 1 aliphatic heterocycles. The Hall–Kier alpha value is -2.44. The summed E-state index contributed by atoms with van der Waals surface area (Å²) < 4.78 is 10.8. The Morgan fingerprint density at radius 1 is 1.27 bits per heavy atom. The Balaban J connectivity index is 1.59. The van der Waals surface area contributed by atoms with E-state index in [9.17, 15) is 9.59 Å². The number of ether oxygens (including phenoxy) is 1. The number of halogens is 1. The number of hydrogen-bond acceptors (Lipinski definition) is 5. The van der Waals surface area contributed by atoms with Gasteiger partial charge < -0.3 is 9.15 Å². The molecule has 2 aromatic rings. The van der Waals surface area contributed by atoms with Crippen LogP contribution in [0.3, 0.4) is 0 Å². The summed E-state index contributed by atoms with van der Waals surface area (Å²) in [6.45, 7) is 2.25. The van der Waals surface area contributed by atoms with Gasteiger partial charge in [0.25, 0.3) is 11.1 Å². The highest BCUT2D eigenvalue weighted by atomic mass is 35.5. The lowest BCUT2D eigenvalue weighted by Gasteiger charge is -2.13. The average molecular weight is 390 g/mol. The second-order valence-electron chi connectivity index (χ2n) is 5.54. The first-order chi connectivity index (χ1) is 12.5. The van der Waals surface area contributed by atoms with E-state index in [-0.39, 0.29) is 24.3 Å². The summed E-state index contributed by atoms with van der Waals surface area (Å²) in [6, 6.07) is 10.5. The zero-order valence-corrected chi connectivity index (χ0v) is 15.5. The Labute approximate surface area is 160 Å². The van der Waals surface area contributed by atoms with Crippen molar-refractivity contribution in [3.05, 3.63) is 70.0 Å². The summed E-state index contributed by atoms with van der Waals surface area (Å²) in [5, 5.41) is 0.318. The molecule has 0 saturated carbocycles. The Kier molecular flexibility index (Phi) is 5.85. The lowest BCUT2D eigenvalue weighted by molar-refractivity contribution is -0.123. The number of allylic oxidation sites excluding steroid dienone is 2. The number of benzene rings is 1. The standard InChI is InChI=1S/C19H16ClNO4S/c1-13(11-16-3-2-9-24-16)12-17-18(22)21(19(23)26-17)8-10-25-15-6-4-14(20)5-7-15/h2-7,9,11-12H,8,10H2,1H3/b13-11+,17-12-. The van der Waals surface area contributed by atoms with Crippen LogP contribution in [-0.4, -0.2) is 29.2 Å². The first-order valence-electron chi connectivity index (χ1n) is 7.88. The van der Waals surface area contributed by atoms with E-state index in [4.69, 9.17) is 20.8 Å². The molecule has 3 rings (SSSR count). The molecule has 0 N–H and O–H groups in total. The molecule has 1 aromatic carbocycles. The summed E-state index contributed by atoms with van der Waals surface area (Å²) in [4.78, 5) is 26.1. The molecule has 0 spiro atoms. The van der Waals surface area contributed by atoms with Crippen LogP contribution in [-0.2, 0) is 4.79 Å². The fourth-order valence-corrected chi connectivity index (χ4v) is 3.37. The predicted octanol–water partition coefficient (Wildman–Crippen LogP) is 4.99. The molecular weight excluding hydrogens is 374 g/mol. The van der Waals surface area contributed by atoms with Gasteiger partial charge in [-0.15, -0.1) is 0 Å². The van der Waals surface area contributed by atoms with Crippen molar-refractivity contribution in [3.63, 3.8) is 0 Å². The van der Waals surface area contributed by atoms with Crippen LogP contribution in [0.1, 0.15) is 12.7 Å². The molecule has 2 amide bonds. The van der Waals surface area contributed by atoms with Crippen molar-refractivity contribution in [2.24, 2.45) is 0 Å². The second kappa shape index (κ2) is 8.29. The molecule has 1 aliphatic rings. The topological polar surface area (TPSA) is 59.8 Å². The van der Waals surface area contributed by atoms with Crippen molar-refractivity contribution in [1.29, 1.82) is 0 Å². The third-order valence-corrected chi connectivity index (χ3v) is 4.70. The number of rotatable bonds is 6. The molecule has 1 saturated heterocycles. The summed E-state index contributed by atoms with van der Waals surface area (Å²) in [5.74, 6) is 1.01. The molecule has 0 aliphatic carbocycles. The molecule has 1 aromatic heterocycles. The molecule has 0 atom stereocenters. The van der Waals surface area contributed by atoms with Gasteiger partial charge in [0.05, 0.1) is 17.7 Å². The minimum atomic E-state index is -0.313. The summed E-state index contributed by atoms with van der Waals surface area (Å²) in [6.07, 6.45) is 5.07. The number of hydrogen-bond donors (Lipinski definition) is 0. The smallest absolute Gasteiger partial charge is 0.293 e. The van der Waals surface area contributed by atoms with Crippen molar-refractivity contribution in [3.8, 4) is 5.75 Å². The maximum Gasteiger partial charge on any atom is 0.293 e. The molecule has 5 nitrogen and oxygen atoms in total. The highest BCUT2D eigenvalue weighted by Gasteiger charge is 2.34. The van der Waals surface area contributed by atoms with Crippen molar-refractivity contribution >= 4 is 40.6 Å². The molecule has 26 heavy (non-hydrogen) atoms. The minimum Gasteiger partial charge on any atom is -0.492 e. The summed E-state index contributed by atoms with van der Waals surface area (Å²) in [5.41, 5.74) is 0.822. The molecule has 0 radical (unpaired) electrons. The van der Waals surface area contributed by atoms with Crippen LogP contribution >= 0.6 is 23.4 Å². The summed E-state index contributed by atoms with van der Waals surface area (Å²) in [7, 11) is 0. The van der Waals surface area contributed by atoms with E-state index in [0.29, 0.717) is 21.4 Å². The van der Waals surface area contributed by atoms with Gasteiger partial charge in [-0.05, 0) is 72.8 Å². The zero-order valence-electron chi connectivity index (χ0n) is 14.0. The maximum absolute atomic E-state index is 12.4. The number of carbonyl (C=O) groups excluding carboxylic acids is 2. The van der Waals surface area contributed by atoms with E-state index in [1.54, 1.807) is 48.7 Å². The minimum absolute atomic E-state index is 0.186. The SMILES string of the molecule is CC(/C=C1\SC(=O)N(CCOc2ccc(Cl)cc2)C1=O)=C\c1ccco1. The van der Waals surface area contributed by atoms with E-state index in [1.165, 1.54) is 4.90 Å². The highest BCUT2D eigenvalue weighted by molar-refractivity contribution is 8.18. The number of amides is 2. The fourth-order valence-electron chi connectivity index (χ4n) is 2.32. The lowest BCUT2D eigenvalue weighted by Crippen LogP contribution is -2.32. The van der Waals surface area contributed by atoms with Gasteiger partial charge >= 0.3 is 0 Å². The van der Waals surface area contributed by atoms with Gasteiger partial charge in [-0.1, -0.05) is 11.6 Å². The van der Waals surface area contributed by atoms with E-state index in [1.807, 2.05) is 13.0 Å². The monoisotopic (exact) mass is 389 g/mol. The van der Waals surface area contributed by atoms with Gasteiger partial charge in [0.15, 0.2) is 0 Å². The van der Waals surface area contributed by atoms with Crippen LogP contribution in [0.4, 0.5) is 4.79 Å². The summed E-state index contributed by atoms with van der Waals surface area (Å²) >= 11 is 6.74. The largest absolute Gasteiger partial charge is 0.492 e. The normalized spacial score (nSPS) is 16.6. The van der Waals surface area contributed by atoms with E-state index < -0.39 is 0 Å². The van der Waals surface area contributed by atoms with Crippen LogP contribution in [0.15, 0.2) is 63.6 Å². The van der Waals surface area contributed by atoms with Gasteiger partial charge in [0.2, 0.25) is 0 Å². The zero-order chi connectivity index (χ0) is 18.5. The first kappa shape index (κ1) is 18.4. The molecular formula is C19H16ClNO4S. The van der Waals surface area contributed by atoms with Crippen molar-refractivity contribution in [2.75, 3.05) is 13.2 Å². The third kappa shape index (κ3) is 4.59. The van der Waals surface area contributed by atoms with E-state index >= 15 is 0 Å². The number of imide groups is 1. The van der Waals surface area contributed by atoms with Crippen LogP contribution in [0.25, 0.3) is 6.08 Å². The first-order valence-corrected chi connectivity index (χ1v) is 9.08. The lowest BCUT2D eigenvalue weighted by atomic mass is 10.2. The Morgan fingerprint density at radius 3 is 2.73 bits per heavy atom. The van der Waals surface area contributed by atoms with Gasteiger partial charge in [-0.3, -0.25) is 14.5 Å². The quantitative estimate of drug-likeness (QED) is 0.651. The van der Waals surface area contributed by atoms with Crippen LogP contribution in [0.5, 0.6) is 5.75 Å². The molecule has 7 heteroatoms. The molecule has 0 unspecified atom stereocenters. The van der Waals surface area contributed by atoms with Crippen LogP contribution in [0.2, 0.25) is 5.02 Å². The highest BCUT2D eigenvalue weighted by Crippen LogP contribution is 2.31. The molecule has 134 valence electrons. The average Bonchev–Trinajstić information content (AvgIpc) is 3.20. The Morgan fingerprint density at radius 2 is 2.04 bits per heavy atom. The number of nitrogens with zero attached hydrogens (tertiary/aromatic N) is 1. The third-order valence-electron chi connectivity index (χ3n) is 3.54. The van der Waals surface area contributed by atoms with E-state index in [0.717, 1.165) is 17.3 Å². The van der Waals surface area contributed by atoms with Crippen molar-refractivity contribution in [2.45, 2.75) is 6.92 Å². The number of furan rings is 1. The predicted molar refractivity (Wildman–Crippen MR) is 102 cm³/mol. The number of carbonyl (C=O) groups is 2. The molecule has 1 fully saturated rings. The van der Waals surface area contributed by atoms with E-state index in [2.05, 4.69) is 0 Å². The van der Waals surface area contributed by atoms with Gasteiger partial charge in [-0.2, -0.15) is 0 Å². The number of thioether (sulfide) groups is 1. The van der Waals surface area contributed by atoms with Crippen molar-refractivity contribution < 1.29 is 18.7 Å². The van der Waals surface area contributed by atoms with Crippen molar-refractivity contribution in [1.82, 2.24) is 4.90 Å². The van der Waals surface area contributed by atoms with Crippen LogP contribution in [0, 0.1) is 0 Å². The fraction of sp³-hybridized carbons (Fsp3) is 0.158. The molecule has 0 bridgehead atoms. The maximum atomic E-state index is 12.4. The van der Waals surface area contributed by atoms with Gasteiger partial charge in [-0.25, -0.2) is 0 Å². The molecule has 2 heterocycles. The Bertz CT molecular complexity index is 856.